The highest BCUT2D eigenvalue weighted by Crippen LogP contribution is 2.36. The Kier molecular flexibility index (Phi) is 11.3. The molecule has 5 rings (SSSR count). The molecule has 1 aromatic heterocycles. The first-order valence-electron chi connectivity index (χ1n) is 16.0. The van der Waals surface area contributed by atoms with Crippen LogP contribution in [-0.2, 0) is 20.9 Å². The topological polar surface area (TPSA) is 118 Å². The maximum atomic E-state index is 12.1. The molecule has 0 spiro atoms. The third-order valence-corrected chi connectivity index (χ3v) is 9.75. The van der Waals surface area contributed by atoms with Crippen LogP contribution in [0.4, 0.5) is 34.5 Å². The Morgan fingerprint density at radius 1 is 1.11 bits per heavy atom. The van der Waals surface area contributed by atoms with Crippen molar-refractivity contribution < 1.29 is 18.8 Å². The zero-order chi connectivity index (χ0) is 33.7. The van der Waals surface area contributed by atoms with Gasteiger partial charge >= 0.3 is 5.97 Å². The molecule has 47 heavy (non-hydrogen) atoms. The average molecular weight is 684 g/mol. The average Bonchev–Trinajstić information content (AvgIpc) is 3.01. The first-order valence-corrected chi connectivity index (χ1v) is 17.9. The van der Waals surface area contributed by atoms with E-state index in [0.717, 1.165) is 61.8 Å². The molecule has 11 nitrogen and oxygen atoms in total. The number of carbonyl (C=O) groups is 1. The van der Waals surface area contributed by atoms with Crippen LogP contribution in [-0.4, -0.2) is 84.1 Å². The van der Waals surface area contributed by atoms with Crippen molar-refractivity contribution in [2.45, 2.75) is 45.6 Å². The van der Waals surface area contributed by atoms with Crippen LogP contribution >= 0.6 is 11.6 Å². The quantitative estimate of drug-likeness (QED) is 0.167. The summed E-state index contributed by atoms with van der Waals surface area (Å²) in [4.78, 5) is 25.7. The fraction of sp³-hybridized carbons (Fsp3) is 0.500. The molecular weight excluding hydrogens is 638 g/mol. The molecule has 3 aromatic rings. The minimum atomic E-state index is -1.20. The summed E-state index contributed by atoms with van der Waals surface area (Å²) in [6.07, 6.45) is 6.66. The number of para-hydroxylation sites is 2. The maximum absolute atomic E-state index is 12.1. The van der Waals surface area contributed by atoms with E-state index in [1.807, 2.05) is 51.1 Å². The molecule has 2 aliphatic rings. The van der Waals surface area contributed by atoms with Gasteiger partial charge in [0.2, 0.25) is 5.95 Å². The number of halogens is 1. The number of hydrogen-bond donors (Lipinski definition) is 2. The van der Waals surface area contributed by atoms with E-state index in [2.05, 4.69) is 42.5 Å². The standard InChI is InChI=1S/C34H46ClN7O4S/c1-34(2,3)46-31(43)22-41-20-24(21-41)17-23-13-15-42(16-14-23)25-11-12-28(30(18-25)45-5)38-33-36-19-26(35)32(39-33)37-27-9-7-8-10-29(27)40(4)47(6)44/h7-12,18-19,23-24H,13-17,20-22H2,1-6H3,(H2,36,37,38,39). The highest BCUT2D eigenvalue weighted by molar-refractivity contribution is 7.92. The summed E-state index contributed by atoms with van der Waals surface area (Å²) in [5, 5.41) is 6.89. The molecule has 2 fully saturated rings. The monoisotopic (exact) mass is 683 g/mol. The lowest BCUT2D eigenvalue weighted by molar-refractivity contribution is -0.157. The normalized spacial score (nSPS) is 16.7. The van der Waals surface area contributed by atoms with Crippen LogP contribution in [0.15, 0.2) is 48.7 Å². The van der Waals surface area contributed by atoms with Crippen LogP contribution in [0.5, 0.6) is 5.75 Å². The second-order valence-corrected chi connectivity index (χ2v) is 15.1. The molecule has 0 radical (unpaired) electrons. The summed E-state index contributed by atoms with van der Waals surface area (Å²) in [7, 11) is 3.42. The molecule has 2 aromatic carbocycles. The van der Waals surface area contributed by atoms with Crippen molar-refractivity contribution in [1.82, 2.24) is 14.9 Å². The molecule has 0 aliphatic carbocycles. The van der Waals surface area contributed by atoms with Crippen molar-refractivity contribution in [2.24, 2.45) is 11.8 Å². The highest BCUT2D eigenvalue weighted by Gasteiger charge is 2.32. The van der Waals surface area contributed by atoms with Gasteiger partial charge in [0.15, 0.2) is 5.82 Å². The largest absolute Gasteiger partial charge is 0.593 e. The number of carbonyl (C=O) groups excluding carboxylic acids is 1. The van der Waals surface area contributed by atoms with E-state index in [4.69, 9.17) is 21.1 Å². The lowest BCUT2D eigenvalue weighted by atomic mass is 9.83. The van der Waals surface area contributed by atoms with Gasteiger partial charge in [-0.2, -0.15) is 9.29 Å². The van der Waals surface area contributed by atoms with Crippen LogP contribution in [0.25, 0.3) is 0 Å². The molecule has 0 bridgehead atoms. The molecule has 0 saturated carbocycles. The van der Waals surface area contributed by atoms with Crippen molar-refractivity contribution >= 4 is 63.4 Å². The number of nitrogens with one attached hydrogen (secondary N) is 2. The van der Waals surface area contributed by atoms with Gasteiger partial charge in [-0.25, -0.2) is 4.98 Å². The number of esters is 1. The fourth-order valence-corrected chi connectivity index (χ4v) is 6.72. The van der Waals surface area contributed by atoms with Crippen LogP contribution in [0, 0.1) is 11.8 Å². The van der Waals surface area contributed by atoms with Crippen molar-refractivity contribution in [3.05, 3.63) is 53.7 Å². The third kappa shape index (κ3) is 9.34. The van der Waals surface area contributed by atoms with Gasteiger partial charge in [-0.05, 0) is 76.1 Å². The summed E-state index contributed by atoms with van der Waals surface area (Å²) < 4.78 is 25.0. The number of ether oxygens (including phenoxy) is 2. The predicted octanol–water partition coefficient (Wildman–Crippen LogP) is 6.24. The smallest absolute Gasteiger partial charge is 0.320 e. The summed E-state index contributed by atoms with van der Waals surface area (Å²) >= 11 is 5.27. The SMILES string of the molecule is COc1cc(N2CCC(CC3CN(CC(=O)OC(C)(C)C)C3)CC2)ccc1Nc1ncc(Cl)c(Nc2ccccc2N(C)[S+](C)[O-])n1. The summed E-state index contributed by atoms with van der Waals surface area (Å²) in [5.74, 6) is 2.68. The van der Waals surface area contributed by atoms with Gasteiger partial charge in [0.25, 0.3) is 0 Å². The number of nitrogens with zero attached hydrogens (tertiary/aromatic N) is 5. The zero-order valence-corrected chi connectivity index (χ0v) is 29.7. The van der Waals surface area contributed by atoms with Crippen molar-refractivity contribution in [2.75, 3.05) is 73.0 Å². The Hall–Kier alpha value is -3.45. The fourth-order valence-electron chi connectivity index (χ4n) is 6.14. The summed E-state index contributed by atoms with van der Waals surface area (Å²) in [6, 6.07) is 13.7. The molecule has 3 heterocycles. The Bertz CT molecular complexity index is 1520. The molecule has 2 N–H and O–H groups in total. The van der Waals surface area contributed by atoms with E-state index in [-0.39, 0.29) is 5.97 Å². The molecular formula is C34H46ClN7O4S. The molecule has 1 atom stereocenters. The Balaban J connectivity index is 1.15. The number of benzene rings is 2. The van der Waals surface area contributed by atoms with E-state index >= 15 is 0 Å². The van der Waals surface area contributed by atoms with E-state index in [0.29, 0.717) is 40.9 Å². The van der Waals surface area contributed by atoms with Crippen molar-refractivity contribution in [1.29, 1.82) is 0 Å². The van der Waals surface area contributed by atoms with Crippen LogP contribution in [0.3, 0.4) is 0 Å². The molecule has 2 aliphatic heterocycles. The number of piperidine rings is 1. The molecule has 13 heteroatoms. The van der Waals surface area contributed by atoms with Gasteiger partial charge in [0.1, 0.15) is 28.3 Å². The summed E-state index contributed by atoms with van der Waals surface area (Å²) in [6.45, 7) is 10.0. The molecule has 2 saturated heterocycles. The number of methoxy groups -OCH3 is 1. The van der Waals surface area contributed by atoms with Crippen molar-refractivity contribution in [3.63, 3.8) is 0 Å². The first kappa shape index (κ1) is 34.9. The first-order chi connectivity index (χ1) is 22.4. The van der Waals surface area contributed by atoms with Gasteiger partial charge in [-0.3, -0.25) is 9.69 Å². The van der Waals surface area contributed by atoms with E-state index in [1.165, 1.54) is 12.6 Å². The number of hydrogen-bond acceptors (Lipinski definition) is 11. The van der Waals surface area contributed by atoms with Crippen LogP contribution < -0.4 is 24.6 Å². The Labute approximate surface area is 286 Å². The van der Waals surface area contributed by atoms with Gasteiger partial charge in [-0.15, -0.1) is 0 Å². The number of aromatic nitrogens is 2. The second-order valence-electron chi connectivity index (χ2n) is 13.3. The highest BCUT2D eigenvalue weighted by atomic mass is 35.5. The van der Waals surface area contributed by atoms with Gasteiger partial charge in [0, 0.05) is 37.9 Å². The Morgan fingerprint density at radius 3 is 2.51 bits per heavy atom. The second kappa shape index (κ2) is 15.2. The molecule has 0 amide bonds. The van der Waals surface area contributed by atoms with E-state index in [1.54, 1.807) is 24.7 Å². The van der Waals surface area contributed by atoms with Gasteiger partial charge in [0.05, 0.1) is 49.6 Å². The zero-order valence-electron chi connectivity index (χ0n) is 28.1. The molecule has 1 unspecified atom stereocenters. The molecule has 254 valence electrons. The van der Waals surface area contributed by atoms with Crippen molar-refractivity contribution in [3.8, 4) is 5.75 Å². The minimum absolute atomic E-state index is 0.138. The predicted molar refractivity (Wildman–Crippen MR) is 191 cm³/mol. The lowest BCUT2D eigenvalue weighted by Gasteiger charge is -2.42. The van der Waals surface area contributed by atoms with Crippen LogP contribution in [0.2, 0.25) is 5.02 Å². The van der Waals surface area contributed by atoms with Gasteiger partial charge < -0.3 is 29.6 Å². The third-order valence-electron chi connectivity index (χ3n) is 8.51. The summed E-state index contributed by atoms with van der Waals surface area (Å²) in [5.41, 5.74) is 2.89. The Morgan fingerprint density at radius 2 is 1.83 bits per heavy atom. The number of anilines is 6. The minimum Gasteiger partial charge on any atom is -0.593 e. The van der Waals surface area contributed by atoms with Gasteiger partial charge in [-0.1, -0.05) is 23.7 Å². The van der Waals surface area contributed by atoms with Crippen LogP contribution in [0.1, 0.15) is 40.0 Å². The lowest BCUT2D eigenvalue weighted by Crippen LogP contribution is -2.50. The maximum Gasteiger partial charge on any atom is 0.320 e. The van der Waals surface area contributed by atoms with E-state index in [9.17, 15) is 9.35 Å². The van der Waals surface area contributed by atoms with E-state index < -0.39 is 17.0 Å². The number of likely N-dealkylation sites (tertiary alicyclic amines) is 1. The number of rotatable bonds is 12.